The molecule has 0 saturated heterocycles. The summed E-state index contributed by atoms with van der Waals surface area (Å²) < 4.78 is 0. The molecule has 0 fully saturated rings. The van der Waals surface area contributed by atoms with Gasteiger partial charge in [0.1, 0.15) is 0 Å². The van der Waals surface area contributed by atoms with Crippen molar-refractivity contribution in [3.05, 3.63) is 64.2 Å². The molecule has 0 atom stereocenters. The van der Waals surface area contributed by atoms with Gasteiger partial charge < -0.3 is 5.73 Å². The van der Waals surface area contributed by atoms with Crippen molar-refractivity contribution < 1.29 is 4.79 Å². The van der Waals surface area contributed by atoms with Crippen molar-refractivity contribution in [3.63, 3.8) is 0 Å². The van der Waals surface area contributed by atoms with Crippen LogP contribution in [0.25, 0.3) is 0 Å². The standard InChI is InChI=1S/C15H14ClNO/c1-10-5-6-12(9-14(10)17)15(18)8-11-3-2-4-13(16)7-11/h2-7,9H,8,17H2,1H3. The number of ketones is 1. The summed E-state index contributed by atoms with van der Waals surface area (Å²) in [6.07, 6.45) is 0.336. The first-order chi connectivity index (χ1) is 8.56. The molecule has 0 aliphatic carbocycles. The first-order valence-corrected chi connectivity index (χ1v) is 6.08. The maximum atomic E-state index is 12.1. The molecule has 92 valence electrons. The second kappa shape index (κ2) is 5.23. The Kier molecular flexibility index (Phi) is 3.68. The van der Waals surface area contributed by atoms with Crippen molar-refractivity contribution in [2.45, 2.75) is 13.3 Å². The molecule has 2 aromatic carbocycles. The first kappa shape index (κ1) is 12.7. The fraction of sp³-hybridized carbons (Fsp3) is 0.133. The zero-order valence-corrected chi connectivity index (χ0v) is 10.9. The van der Waals surface area contributed by atoms with Gasteiger partial charge in [-0.05, 0) is 36.2 Å². The number of hydrogen-bond donors (Lipinski definition) is 1. The van der Waals surface area contributed by atoms with Crippen LogP contribution >= 0.6 is 11.6 Å². The van der Waals surface area contributed by atoms with Gasteiger partial charge in [0, 0.05) is 22.7 Å². The summed E-state index contributed by atoms with van der Waals surface area (Å²) in [5.41, 5.74) is 8.97. The van der Waals surface area contributed by atoms with Crippen LogP contribution in [-0.2, 0) is 6.42 Å². The number of aryl methyl sites for hydroxylation is 1. The van der Waals surface area contributed by atoms with Crippen LogP contribution in [0.3, 0.4) is 0 Å². The monoisotopic (exact) mass is 259 g/mol. The first-order valence-electron chi connectivity index (χ1n) is 5.70. The quantitative estimate of drug-likeness (QED) is 0.675. The fourth-order valence-electron chi connectivity index (χ4n) is 1.75. The third-order valence-electron chi connectivity index (χ3n) is 2.85. The van der Waals surface area contributed by atoms with E-state index in [0.717, 1.165) is 11.1 Å². The fourth-order valence-corrected chi connectivity index (χ4v) is 1.96. The molecule has 0 heterocycles. The molecule has 0 aliphatic heterocycles. The number of carbonyl (C=O) groups excluding carboxylic acids is 1. The lowest BCUT2D eigenvalue weighted by atomic mass is 10.0. The van der Waals surface area contributed by atoms with Gasteiger partial charge in [-0.15, -0.1) is 0 Å². The Morgan fingerprint density at radius 1 is 1.22 bits per heavy atom. The van der Waals surface area contributed by atoms with Gasteiger partial charge in [-0.2, -0.15) is 0 Å². The number of nitrogen functional groups attached to an aromatic ring is 1. The highest BCUT2D eigenvalue weighted by molar-refractivity contribution is 6.30. The molecule has 18 heavy (non-hydrogen) atoms. The Hall–Kier alpha value is -1.80. The summed E-state index contributed by atoms with van der Waals surface area (Å²) >= 11 is 5.89. The van der Waals surface area contributed by atoms with Crippen LogP contribution in [0.5, 0.6) is 0 Å². The van der Waals surface area contributed by atoms with Gasteiger partial charge in [0.15, 0.2) is 5.78 Å². The van der Waals surface area contributed by atoms with E-state index in [0.29, 0.717) is 22.7 Å². The zero-order chi connectivity index (χ0) is 13.1. The number of benzene rings is 2. The minimum atomic E-state index is 0.0453. The van der Waals surface area contributed by atoms with Crippen molar-refractivity contribution in [2.24, 2.45) is 0 Å². The Balaban J connectivity index is 2.19. The van der Waals surface area contributed by atoms with E-state index in [-0.39, 0.29) is 5.78 Å². The average Bonchev–Trinajstić information content (AvgIpc) is 2.32. The Bertz CT molecular complexity index is 593. The van der Waals surface area contributed by atoms with Crippen molar-refractivity contribution in [2.75, 3.05) is 5.73 Å². The van der Waals surface area contributed by atoms with Crippen LogP contribution in [0.15, 0.2) is 42.5 Å². The van der Waals surface area contributed by atoms with Crippen LogP contribution in [0.2, 0.25) is 5.02 Å². The molecule has 2 aromatic rings. The molecule has 2 N–H and O–H groups in total. The van der Waals surface area contributed by atoms with Gasteiger partial charge in [-0.1, -0.05) is 35.9 Å². The molecule has 0 bridgehead atoms. The van der Waals surface area contributed by atoms with Crippen LogP contribution in [-0.4, -0.2) is 5.78 Å². The molecular formula is C15H14ClNO. The van der Waals surface area contributed by atoms with Crippen molar-refractivity contribution in [3.8, 4) is 0 Å². The number of anilines is 1. The van der Waals surface area contributed by atoms with Crippen LogP contribution < -0.4 is 5.73 Å². The van der Waals surface area contributed by atoms with Crippen molar-refractivity contribution in [1.82, 2.24) is 0 Å². The molecule has 0 aliphatic rings. The van der Waals surface area contributed by atoms with E-state index in [1.54, 1.807) is 24.3 Å². The molecule has 0 spiro atoms. The predicted octanol–water partition coefficient (Wildman–Crippen LogP) is 3.66. The zero-order valence-electron chi connectivity index (χ0n) is 10.1. The van der Waals surface area contributed by atoms with E-state index in [9.17, 15) is 4.79 Å². The van der Waals surface area contributed by atoms with Gasteiger partial charge >= 0.3 is 0 Å². The lowest BCUT2D eigenvalue weighted by Crippen LogP contribution is -2.04. The predicted molar refractivity (Wildman–Crippen MR) is 75.1 cm³/mol. The molecule has 3 heteroatoms. The molecule has 2 rings (SSSR count). The molecule has 0 unspecified atom stereocenters. The van der Waals surface area contributed by atoms with E-state index < -0.39 is 0 Å². The van der Waals surface area contributed by atoms with Gasteiger partial charge in [0.25, 0.3) is 0 Å². The molecule has 2 nitrogen and oxygen atoms in total. The second-order valence-corrected chi connectivity index (χ2v) is 4.74. The molecule has 0 aromatic heterocycles. The summed E-state index contributed by atoms with van der Waals surface area (Å²) in [6.45, 7) is 1.92. The third kappa shape index (κ3) is 2.90. The van der Waals surface area contributed by atoms with Gasteiger partial charge in [0.2, 0.25) is 0 Å². The third-order valence-corrected chi connectivity index (χ3v) is 3.09. The Morgan fingerprint density at radius 2 is 2.00 bits per heavy atom. The van der Waals surface area contributed by atoms with E-state index in [1.165, 1.54) is 0 Å². The average molecular weight is 260 g/mol. The summed E-state index contributed by atoms with van der Waals surface area (Å²) in [7, 11) is 0. The minimum Gasteiger partial charge on any atom is -0.398 e. The highest BCUT2D eigenvalue weighted by Crippen LogP contribution is 2.16. The van der Waals surface area contributed by atoms with Gasteiger partial charge in [-0.3, -0.25) is 4.79 Å². The second-order valence-electron chi connectivity index (χ2n) is 4.30. The number of carbonyl (C=O) groups is 1. The Morgan fingerprint density at radius 3 is 2.67 bits per heavy atom. The van der Waals surface area contributed by atoms with Crippen LogP contribution in [0.4, 0.5) is 5.69 Å². The lowest BCUT2D eigenvalue weighted by molar-refractivity contribution is 0.0993. The topological polar surface area (TPSA) is 43.1 Å². The minimum absolute atomic E-state index is 0.0453. The number of rotatable bonds is 3. The molecular weight excluding hydrogens is 246 g/mol. The highest BCUT2D eigenvalue weighted by atomic mass is 35.5. The van der Waals surface area contributed by atoms with E-state index in [2.05, 4.69) is 0 Å². The van der Waals surface area contributed by atoms with Crippen molar-refractivity contribution >= 4 is 23.1 Å². The van der Waals surface area contributed by atoms with E-state index >= 15 is 0 Å². The normalized spacial score (nSPS) is 10.3. The molecule has 0 amide bonds. The molecule has 0 saturated carbocycles. The largest absolute Gasteiger partial charge is 0.398 e. The Labute approximate surface area is 111 Å². The number of Topliss-reactive ketones (excluding diaryl/α,β-unsaturated/α-hetero) is 1. The van der Waals surface area contributed by atoms with Gasteiger partial charge in [0.05, 0.1) is 0 Å². The smallest absolute Gasteiger partial charge is 0.167 e. The van der Waals surface area contributed by atoms with Gasteiger partial charge in [-0.25, -0.2) is 0 Å². The lowest BCUT2D eigenvalue weighted by Gasteiger charge is -2.05. The summed E-state index contributed by atoms with van der Waals surface area (Å²) in [6, 6.07) is 12.7. The molecule has 0 radical (unpaired) electrons. The van der Waals surface area contributed by atoms with Crippen molar-refractivity contribution in [1.29, 1.82) is 0 Å². The van der Waals surface area contributed by atoms with Crippen LogP contribution in [0.1, 0.15) is 21.5 Å². The summed E-state index contributed by atoms with van der Waals surface area (Å²) in [4.78, 5) is 12.1. The number of halogens is 1. The number of hydrogen-bond acceptors (Lipinski definition) is 2. The highest BCUT2D eigenvalue weighted by Gasteiger charge is 2.08. The maximum absolute atomic E-state index is 12.1. The van der Waals surface area contributed by atoms with E-state index in [4.69, 9.17) is 17.3 Å². The SMILES string of the molecule is Cc1ccc(C(=O)Cc2cccc(Cl)c2)cc1N. The van der Waals surface area contributed by atoms with Crippen LogP contribution in [0, 0.1) is 6.92 Å². The summed E-state index contributed by atoms with van der Waals surface area (Å²) in [5.74, 6) is 0.0453. The summed E-state index contributed by atoms with van der Waals surface area (Å²) in [5, 5.41) is 0.642. The maximum Gasteiger partial charge on any atom is 0.167 e. The van der Waals surface area contributed by atoms with E-state index in [1.807, 2.05) is 25.1 Å². The number of nitrogens with two attached hydrogens (primary N) is 1.